The maximum Gasteiger partial charge on any atom is 0.365 e. The average molecular weight is 495 g/mol. The Bertz CT molecular complexity index is 1420. The van der Waals surface area contributed by atoms with E-state index < -0.39 is 17.9 Å². The molecule has 37 heavy (non-hydrogen) atoms. The molecule has 1 aromatic heterocycles. The van der Waals surface area contributed by atoms with Crippen LogP contribution in [0.5, 0.6) is 5.75 Å². The van der Waals surface area contributed by atoms with E-state index in [0.717, 1.165) is 0 Å². The van der Waals surface area contributed by atoms with Crippen LogP contribution in [0.25, 0.3) is 0 Å². The Balaban J connectivity index is 1.62. The summed E-state index contributed by atoms with van der Waals surface area (Å²) in [7, 11) is 0. The molecule has 8 nitrogen and oxygen atoms in total. The van der Waals surface area contributed by atoms with Gasteiger partial charge in [-0.15, -0.1) is 0 Å². The second-order valence-corrected chi connectivity index (χ2v) is 7.79. The number of esters is 2. The number of aromatic nitrogens is 1. The molecule has 0 saturated carbocycles. The summed E-state index contributed by atoms with van der Waals surface area (Å²) in [6, 6.07) is 25.3. The number of carbonyl (C=O) groups is 3. The molecule has 0 N–H and O–H groups in total. The zero-order valence-corrected chi connectivity index (χ0v) is 19.9. The molecule has 0 saturated heterocycles. The van der Waals surface area contributed by atoms with Gasteiger partial charge in [0.25, 0.3) is 0 Å². The fourth-order valence-electron chi connectivity index (χ4n) is 3.31. The van der Waals surface area contributed by atoms with Crippen LogP contribution in [0.15, 0.2) is 102 Å². The van der Waals surface area contributed by atoms with E-state index in [1.165, 1.54) is 12.4 Å². The minimum absolute atomic E-state index is 0.0987. The molecule has 0 fully saturated rings. The van der Waals surface area contributed by atoms with Crippen LogP contribution < -0.4 is 4.74 Å². The number of hydrogen-bond acceptors (Lipinski definition) is 8. The molecule has 0 aliphatic rings. The Morgan fingerprint density at radius 3 is 1.84 bits per heavy atom. The lowest BCUT2D eigenvalue weighted by molar-refractivity contribution is 0.0470. The maximum absolute atomic E-state index is 12.8. The van der Waals surface area contributed by atoms with Gasteiger partial charge in [0.05, 0.1) is 28.6 Å². The van der Waals surface area contributed by atoms with Gasteiger partial charge in [0, 0.05) is 17.3 Å². The molecule has 0 radical (unpaired) electrons. The van der Waals surface area contributed by atoms with Crippen LogP contribution in [0.2, 0.25) is 0 Å². The lowest BCUT2D eigenvalue weighted by Crippen LogP contribution is -2.14. The number of ether oxygens (including phenoxy) is 2. The molecule has 184 valence electrons. The van der Waals surface area contributed by atoms with E-state index in [4.69, 9.17) is 14.3 Å². The highest BCUT2D eigenvalue weighted by atomic mass is 16.7. The van der Waals surface area contributed by atoms with Crippen molar-refractivity contribution in [2.45, 2.75) is 13.5 Å². The second-order valence-electron chi connectivity index (χ2n) is 7.79. The Morgan fingerprint density at radius 2 is 1.27 bits per heavy atom. The van der Waals surface area contributed by atoms with E-state index in [1.54, 1.807) is 97.9 Å². The highest BCUT2D eigenvalue weighted by Crippen LogP contribution is 2.26. The fourth-order valence-corrected chi connectivity index (χ4v) is 3.31. The SMILES string of the molecule is Cc1ncc(COC(=O)c2ccccc2)c(/C=N/OC(=O)c2ccccc2)c1OC(=O)c1ccccc1. The lowest BCUT2D eigenvalue weighted by atomic mass is 10.1. The molecule has 0 unspecified atom stereocenters. The molecule has 3 aromatic carbocycles. The van der Waals surface area contributed by atoms with Gasteiger partial charge in [0.1, 0.15) is 6.61 Å². The van der Waals surface area contributed by atoms with Gasteiger partial charge in [0.15, 0.2) is 5.75 Å². The van der Waals surface area contributed by atoms with Gasteiger partial charge in [0.2, 0.25) is 0 Å². The third-order valence-corrected chi connectivity index (χ3v) is 5.23. The predicted octanol–water partition coefficient (Wildman–Crippen LogP) is 5.16. The zero-order chi connectivity index (χ0) is 26.0. The first kappa shape index (κ1) is 25.0. The molecule has 0 bridgehead atoms. The van der Waals surface area contributed by atoms with Crippen LogP contribution in [-0.4, -0.2) is 29.1 Å². The molecular weight excluding hydrogens is 472 g/mol. The molecule has 0 aliphatic carbocycles. The molecule has 0 amide bonds. The molecule has 8 heteroatoms. The number of oxime groups is 1. The monoisotopic (exact) mass is 494 g/mol. The van der Waals surface area contributed by atoms with Crippen LogP contribution in [0.1, 0.15) is 47.9 Å². The van der Waals surface area contributed by atoms with E-state index in [9.17, 15) is 14.4 Å². The van der Waals surface area contributed by atoms with Crippen molar-refractivity contribution in [2.24, 2.45) is 5.16 Å². The molecule has 0 spiro atoms. The fraction of sp³-hybridized carbons (Fsp3) is 0.0690. The van der Waals surface area contributed by atoms with Gasteiger partial charge in [-0.25, -0.2) is 14.4 Å². The number of benzene rings is 3. The van der Waals surface area contributed by atoms with Gasteiger partial charge >= 0.3 is 17.9 Å². The number of rotatable bonds is 8. The smallest absolute Gasteiger partial charge is 0.365 e. The highest BCUT2D eigenvalue weighted by molar-refractivity contribution is 5.94. The van der Waals surface area contributed by atoms with Gasteiger partial charge in [-0.3, -0.25) is 4.98 Å². The van der Waals surface area contributed by atoms with Crippen molar-refractivity contribution in [1.82, 2.24) is 4.98 Å². The first-order valence-electron chi connectivity index (χ1n) is 11.3. The summed E-state index contributed by atoms with van der Waals surface area (Å²) in [5, 5.41) is 3.81. The quantitative estimate of drug-likeness (QED) is 0.144. The molecular formula is C29H22N2O6. The number of carbonyl (C=O) groups excluding carboxylic acids is 3. The van der Waals surface area contributed by atoms with Crippen molar-refractivity contribution < 1.29 is 28.7 Å². The topological polar surface area (TPSA) is 104 Å². The maximum atomic E-state index is 12.8. The minimum atomic E-state index is -0.664. The van der Waals surface area contributed by atoms with Crippen LogP contribution >= 0.6 is 0 Å². The second kappa shape index (κ2) is 12.0. The normalized spacial score (nSPS) is 10.6. The van der Waals surface area contributed by atoms with E-state index in [1.807, 2.05) is 0 Å². The van der Waals surface area contributed by atoms with Crippen molar-refractivity contribution in [3.05, 3.63) is 131 Å². The highest BCUT2D eigenvalue weighted by Gasteiger charge is 2.19. The summed E-state index contributed by atoms with van der Waals surface area (Å²) in [6.45, 7) is 1.46. The van der Waals surface area contributed by atoms with Gasteiger partial charge in [-0.1, -0.05) is 59.8 Å². The summed E-state index contributed by atoms with van der Waals surface area (Å²) in [4.78, 5) is 46.9. The van der Waals surface area contributed by atoms with Gasteiger partial charge in [-0.05, 0) is 43.3 Å². The number of hydrogen-bond donors (Lipinski definition) is 0. The predicted molar refractivity (Wildman–Crippen MR) is 135 cm³/mol. The Morgan fingerprint density at radius 1 is 0.757 bits per heavy atom. The summed E-state index contributed by atoms with van der Waals surface area (Å²) < 4.78 is 11.1. The summed E-state index contributed by atoms with van der Waals surface area (Å²) in [6.07, 6.45) is 2.71. The lowest BCUT2D eigenvalue weighted by Gasteiger charge is -2.14. The average Bonchev–Trinajstić information content (AvgIpc) is 2.95. The van der Waals surface area contributed by atoms with Gasteiger partial charge < -0.3 is 14.3 Å². The van der Waals surface area contributed by atoms with E-state index in [2.05, 4.69) is 10.1 Å². The third-order valence-electron chi connectivity index (χ3n) is 5.23. The number of aryl methyl sites for hydroxylation is 1. The van der Waals surface area contributed by atoms with Gasteiger partial charge in [-0.2, -0.15) is 0 Å². The molecule has 4 aromatic rings. The van der Waals surface area contributed by atoms with Crippen molar-refractivity contribution in [3.63, 3.8) is 0 Å². The van der Waals surface area contributed by atoms with Crippen molar-refractivity contribution in [3.8, 4) is 5.75 Å². The molecule has 0 atom stereocenters. The van der Waals surface area contributed by atoms with E-state index >= 15 is 0 Å². The number of nitrogens with zero attached hydrogens (tertiary/aromatic N) is 2. The molecule has 4 rings (SSSR count). The summed E-state index contributed by atoms with van der Waals surface area (Å²) >= 11 is 0. The Hall–Kier alpha value is -5.11. The van der Waals surface area contributed by atoms with Crippen molar-refractivity contribution in [1.29, 1.82) is 0 Å². The Labute approximate surface area is 213 Å². The van der Waals surface area contributed by atoms with Crippen LogP contribution in [0, 0.1) is 6.92 Å². The van der Waals surface area contributed by atoms with E-state index in [0.29, 0.717) is 27.9 Å². The number of pyridine rings is 1. The molecule has 0 aliphatic heterocycles. The molecule has 1 heterocycles. The largest absolute Gasteiger partial charge is 0.457 e. The zero-order valence-electron chi connectivity index (χ0n) is 19.9. The third kappa shape index (κ3) is 6.52. The summed E-state index contributed by atoms with van der Waals surface area (Å²) in [5.41, 5.74) is 2.09. The minimum Gasteiger partial charge on any atom is -0.457 e. The van der Waals surface area contributed by atoms with Crippen LogP contribution in [0.4, 0.5) is 0 Å². The van der Waals surface area contributed by atoms with E-state index in [-0.39, 0.29) is 17.9 Å². The summed E-state index contributed by atoms with van der Waals surface area (Å²) in [5.74, 6) is -1.72. The Kier molecular flexibility index (Phi) is 8.13. The first-order chi connectivity index (χ1) is 18.0. The first-order valence-corrected chi connectivity index (χ1v) is 11.3. The standard InChI is InChI=1S/C29H22N2O6/c1-20-26(36-28(33)22-13-7-3-8-14-22)25(18-31-37-29(34)23-15-9-4-10-16-23)24(17-30-20)19-35-27(32)21-11-5-2-6-12-21/h2-18H,19H2,1H3/b31-18+. The van der Waals surface area contributed by atoms with Crippen molar-refractivity contribution in [2.75, 3.05) is 0 Å². The van der Waals surface area contributed by atoms with Crippen molar-refractivity contribution >= 4 is 24.1 Å². The van der Waals surface area contributed by atoms with Crippen LogP contribution in [-0.2, 0) is 16.2 Å². The van der Waals surface area contributed by atoms with Crippen LogP contribution in [0.3, 0.4) is 0 Å².